The number of hydrogen-bond acceptors (Lipinski definition) is 9. The van der Waals surface area contributed by atoms with Crippen molar-refractivity contribution in [2.75, 3.05) is 26.7 Å². The van der Waals surface area contributed by atoms with Crippen LogP contribution in [0.1, 0.15) is 54.9 Å². The van der Waals surface area contributed by atoms with Gasteiger partial charge in [0.25, 0.3) is 12.4 Å². The van der Waals surface area contributed by atoms with Gasteiger partial charge >= 0.3 is 6.09 Å². The molecule has 4 N–H and O–H groups in total. The van der Waals surface area contributed by atoms with Crippen LogP contribution in [0.5, 0.6) is 0 Å². The number of rotatable bonds is 3. The molecular formula is C22H38ClN5O5. The van der Waals surface area contributed by atoms with E-state index in [9.17, 15) is 14.4 Å². The second kappa shape index (κ2) is 10.6. The number of carbonyl (C=O) groups is 3. The molecule has 10 nitrogen and oxygen atoms in total. The van der Waals surface area contributed by atoms with Gasteiger partial charge in [-0.1, -0.05) is 18.5 Å². The van der Waals surface area contributed by atoms with E-state index >= 15 is 0 Å². The van der Waals surface area contributed by atoms with Crippen LogP contribution in [0.2, 0.25) is 0 Å². The Morgan fingerprint density at radius 2 is 1.76 bits per heavy atom. The van der Waals surface area contributed by atoms with E-state index in [1.165, 1.54) is 6.08 Å². The molecule has 0 aromatic rings. The monoisotopic (exact) mass is 487 g/mol. The van der Waals surface area contributed by atoms with Crippen LogP contribution in [0.25, 0.3) is 0 Å². The van der Waals surface area contributed by atoms with Crippen molar-refractivity contribution in [3.05, 3.63) is 22.8 Å². The van der Waals surface area contributed by atoms with Crippen LogP contribution in [-0.2, 0) is 19.1 Å². The quantitative estimate of drug-likeness (QED) is 0.454. The van der Waals surface area contributed by atoms with Crippen LogP contribution >= 0.6 is 11.6 Å². The Labute approximate surface area is 201 Å². The Bertz CT molecular complexity index is 811. The molecule has 11 heteroatoms. The predicted octanol–water partition coefficient (Wildman–Crippen LogP) is 2.28. The molecule has 188 valence electrons. The summed E-state index contributed by atoms with van der Waals surface area (Å²) in [6.07, 6.45) is 1.17. The maximum absolute atomic E-state index is 13.4. The van der Waals surface area contributed by atoms with Gasteiger partial charge < -0.3 is 30.7 Å². The Hall–Kier alpha value is -2.46. The predicted molar refractivity (Wildman–Crippen MR) is 127 cm³/mol. The van der Waals surface area contributed by atoms with Crippen molar-refractivity contribution in [2.45, 2.75) is 71.6 Å². The van der Waals surface area contributed by atoms with Gasteiger partial charge in [-0.3, -0.25) is 9.59 Å². The normalized spacial score (nSPS) is 22.3. The average Bonchev–Trinajstić information content (AvgIpc) is 2.63. The molecule has 2 rings (SSSR count). The number of ether oxygens (including phenoxy) is 2. The van der Waals surface area contributed by atoms with E-state index in [0.717, 1.165) is 11.4 Å². The fraction of sp³-hybridized carbons (Fsp3) is 0.682. The lowest BCUT2D eigenvalue weighted by Crippen LogP contribution is -2.71. The highest BCUT2D eigenvalue weighted by atomic mass is 35.5. The SMILES string of the molecule is CC(C)(C)OC=O.CCC12CN(C)CCN1C(/C=C(\N)Cl)=C(N)N(C(=O)OC(C)(C)C)C2=O. The first-order valence-electron chi connectivity index (χ1n) is 10.8. The molecule has 0 bridgehead atoms. The largest absolute Gasteiger partial charge is 0.462 e. The first kappa shape index (κ1) is 28.6. The number of likely N-dealkylation sites (N-methyl/N-ethyl adjacent to an activating group) is 1. The summed E-state index contributed by atoms with van der Waals surface area (Å²) in [4.78, 5) is 40.6. The minimum Gasteiger partial charge on any atom is -0.462 e. The first-order valence-corrected chi connectivity index (χ1v) is 11.1. The molecule has 1 saturated heterocycles. The van der Waals surface area contributed by atoms with Gasteiger partial charge in [-0.15, -0.1) is 0 Å². The van der Waals surface area contributed by atoms with Crippen molar-refractivity contribution in [3.63, 3.8) is 0 Å². The maximum Gasteiger partial charge on any atom is 0.423 e. The Kier molecular flexibility index (Phi) is 9.22. The molecule has 0 saturated carbocycles. The van der Waals surface area contributed by atoms with Crippen LogP contribution in [0.15, 0.2) is 22.8 Å². The van der Waals surface area contributed by atoms with Crippen molar-refractivity contribution in [3.8, 4) is 0 Å². The zero-order chi connectivity index (χ0) is 25.8. The van der Waals surface area contributed by atoms with E-state index in [-0.39, 0.29) is 16.6 Å². The molecule has 2 aliphatic rings. The van der Waals surface area contributed by atoms with Crippen molar-refractivity contribution in [1.29, 1.82) is 0 Å². The smallest absolute Gasteiger partial charge is 0.423 e. The van der Waals surface area contributed by atoms with Crippen LogP contribution in [0.4, 0.5) is 4.79 Å². The number of carbonyl (C=O) groups excluding carboxylic acids is 3. The number of hydrogen-bond donors (Lipinski definition) is 2. The summed E-state index contributed by atoms with van der Waals surface area (Å²) in [7, 11) is 1.94. The minimum atomic E-state index is -0.940. The average molecular weight is 488 g/mol. The standard InChI is InChI=1S/C17H28ClN5O3.C5H10O2/c1-6-17-10-21(5)7-8-22(17)11(9-12(18)19)13(20)23(14(17)24)15(25)26-16(2,3)4;1-5(2,3)7-4-6/h9H,6-8,10,19-20H2,1-5H3;4H,1-3H3/b12-9-;. The molecule has 1 unspecified atom stereocenters. The highest BCUT2D eigenvalue weighted by Gasteiger charge is 2.54. The summed E-state index contributed by atoms with van der Waals surface area (Å²) < 4.78 is 9.95. The van der Waals surface area contributed by atoms with Crippen molar-refractivity contribution in [1.82, 2.24) is 14.7 Å². The van der Waals surface area contributed by atoms with E-state index in [2.05, 4.69) is 9.64 Å². The number of imide groups is 1. The Balaban J connectivity index is 0.000000675. The van der Waals surface area contributed by atoms with E-state index in [0.29, 0.717) is 31.7 Å². The van der Waals surface area contributed by atoms with Crippen LogP contribution in [-0.4, -0.2) is 76.6 Å². The number of amides is 2. The lowest BCUT2D eigenvalue weighted by Gasteiger charge is -2.54. The molecular weight excluding hydrogens is 450 g/mol. The lowest BCUT2D eigenvalue weighted by atomic mass is 9.86. The summed E-state index contributed by atoms with van der Waals surface area (Å²) in [5.74, 6) is -0.426. The third-order valence-electron chi connectivity index (χ3n) is 4.99. The van der Waals surface area contributed by atoms with Gasteiger partial charge in [0.2, 0.25) is 0 Å². The number of piperazine rings is 1. The molecule has 1 fully saturated rings. The van der Waals surface area contributed by atoms with Crippen LogP contribution < -0.4 is 11.5 Å². The van der Waals surface area contributed by atoms with Gasteiger partial charge in [-0.05, 0) is 61.1 Å². The summed E-state index contributed by atoms with van der Waals surface area (Å²) in [5, 5.41) is 0.0189. The van der Waals surface area contributed by atoms with E-state index in [1.807, 2.05) is 39.6 Å². The van der Waals surface area contributed by atoms with Gasteiger partial charge in [0.05, 0.1) is 5.70 Å². The van der Waals surface area contributed by atoms with Gasteiger partial charge in [0.1, 0.15) is 27.7 Å². The van der Waals surface area contributed by atoms with Gasteiger partial charge in [-0.2, -0.15) is 4.90 Å². The fourth-order valence-corrected chi connectivity index (χ4v) is 3.67. The Morgan fingerprint density at radius 3 is 2.15 bits per heavy atom. The maximum atomic E-state index is 13.4. The summed E-state index contributed by atoms with van der Waals surface area (Å²) >= 11 is 5.89. The number of nitrogens with zero attached hydrogens (tertiary/aromatic N) is 3. The van der Waals surface area contributed by atoms with E-state index in [4.69, 9.17) is 27.8 Å². The van der Waals surface area contributed by atoms with Gasteiger partial charge in [-0.25, -0.2) is 4.79 Å². The van der Waals surface area contributed by atoms with Crippen molar-refractivity contribution < 1.29 is 23.9 Å². The topological polar surface area (TPSA) is 131 Å². The summed E-state index contributed by atoms with van der Waals surface area (Å²) in [6, 6.07) is 0. The molecule has 0 radical (unpaired) electrons. The summed E-state index contributed by atoms with van der Waals surface area (Å²) in [5.41, 5.74) is 10.3. The number of allylic oxidation sites excluding steroid dienone is 1. The molecule has 0 aromatic carbocycles. The molecule has 0 aromatic heterocycles. The number of fused-ring (bicyclic) bond motifs is 1. The van der Waals surface area contributed by atoms with E-state index < -0.39 is 23.1 Å². The Morgan fingerprint density at radius 1 is 1.18 bits per heavy atom. The summed E-state index contributed by atoms with van der Waals surface area (Å²) in [6.45, 7) is 14.8. The third-order valence-corrected chi connectivity index (χ3v) is 5.10. The number of nitrogens with two attached hydrogens (primary N) is 2. The van der Waals surface area contributed by atoms with Crippen molar-refractivity contribution in [2.24, 2.45) is 11.5 Å². The zero-order valence-corrected chi connectivity index (χ0v) is 21.7. The van der Waals surface area contributed by atoms with Crippen LogP contribution in [0, 0.1) is 0 Å². The fourth-order valence-electron chi connectivity index (χ4n) is 3.57. The highest BCUT2D eigenvalue weighted by molar-refractivity contribution is 6.29. The van der Waals surface area contributed by atoms with Crippen LogP contribution in [0.3, 0.4) is 0 Å². The third kappa shape index (κ3) is 7.26. The first-order chi connectivity index (χ1) is 15.0. The molecule has 33 heavy (non-hydrogen) atoms. The molecule has 0 spiro atoms. The van der Waals surface area contributed by atoms with Gasteiger partial charge in [0.15, 0.2) is 0 Å². The second-order valence-corrected chi connectivity index (χ2v) is 10.5. The molecule has 0 aliphatic carbocycles. The lowest BCUT2D eigenvalue weighted by molar-refractivity contribution is -0.147. The molecule has 2 aliphatic heterocycles. The molecule has 2 heterocycles. The molecule has 1 atom stereocenters. The van der Waals surface area contributed by atoms with Crippen molar-refractivity contribution >= 4 is 30.1 Å². The van der Waals surface area contributed by atoms with E-state index in [1.54, 1.807) is 20.8 Å². The minimum absolute atomic E-state index is 0.0189. The highest BCUT2D eigenvalue weighted by Crippen LogP contribution is 2.37. The second-order valence-electron chi connectivity index (χ2n) is 10.0. The zero-order valence-electron chi connectivity index (χ0n) is 20.9. The van der Waals surface area contributed by atoms with Gasteiger partial charge in [0, 0.05) is 19.6 Å². The molecule has 2 amide bonds. The number of halogens is 1.